The van der Waals surface area contributed by atoms with E-state index in [4.69, 9.17) is 4.74 Å². The van der Waals surface area contributed by atoms with E-state index in [0.29, 0.717) is 19.6 Å². The lowest BCUT2D eigenvalue weighted by atomic mass is 10.00. The van der Waals surface area contributed by atoms with E-state index in [2.05, 4.69) is 22.0 Å². The van der Waals surface area contributed by atoms with Gasteiger partial charge in [-0.05, 0) is 60.9 Å². The molecule has 4 rings (SSSR count). The number of rotatable bonds is 7. The summed E-state index contributed by atoms with van der Waals surface area (Å²) in [4.78, 5) is 29.3. The second-order valence-corrected chi connectivity index (χ2v) is 8.69. The van der Waals surface area contributed by atoms with Gasteiger partial charge in [-0.25, -0.2) is 0 Å². The average Bonchev–Trinajstić information content (AvgIpc) is 2.86. The average molecular weight is 436 g/mol. The number of fused-ring (bicyclic) bond motifs is 1. The van der Waals surface area contributed by atoms with Crippen LogP contribution in [0, 0.1) is 0 Å². The molecule has 1 unspecified atom stereocenters. The lowest BCUT2D eigenvalue weighted by Gasteiger charge is -2.39. The fourth-order valence-corrected chi connectivity index (χ4v) is 4.46. The van der Waals surface area contributed by atoms with Crippen LogP contribution in [0.15, 0.2) is 42.5 Å². The van der Waals surface area contributed by atoms with Crippen molar-refractivity contribution in [2.45, 2.75) is 39.3 Å². The smallest absolute Gasteiger partial charge is 0.251 e. The Labute approximate surface area is 190 Å². The molecule has 0 aliphatic carbocycles. The minimum absolute atomic E-state index is 0.00788. The summed E-state index contributed by atoms with van der Waals surface area (Å²) in [6.07, 6.45) is 1.41. The number of anilines is 1. The van der Waals surface area contributed by atoms with E-state index in [-0.39, 0.29) is 17.7 Å². The van der Waals surface area contributed by atoms with Crippen LogP contribution in [-0.4, -0.2) is 62.0 Å². The summed E-state index contributed by atoms with van der Waals surface area (Å²) in [6.45, 7) is 9.83. The number of nitrogens with one attached hydrogen (secondary N) is 1. The highest BCUT2D eigenvalue weighted by molar-refractivity contribution is 5.96. The molecule has 0 radical (unpaired) electrons. The number of Topliss-reactive ketones (excluding diaryl/α,β-unsaturated/α-hetero) is 1. The van der Waals surface area contributed by atoms with Crippen molar-refractivity contribution in [2.24, 2.45) is 0 Å². The first kappa shape index (κ1) is 22.5. The molecule has 1 atom stereocenters. The lowest BCUT2D eigenvalue weighted by Crippen LogP contribution is -2.52. The molecule has 0 bridgehead atoms. The molecule has 2 aliphatic rings. The Bertz CT molecular complexity index is 949. The van der Waals surface area contributed by atoms with Crippen LogP contribution in [0.2, 0.25) is 0 Å². The third-order valence-corrected chi connectivity index (χ3v) is 6.61. The summed E-state index contributed by atoms with van der Waals surface area (Å²) in [5, 5.41) is 3.11. The van der Waals surface area contributed by atoms with Gasteiger partial charge in [0, 0.05) is 62.0 Å². The number of benzene rings is 2. The van der Waals surface area contributed by atoms with Crippen LogP contribution >= 0.6 is 0 Å². The van der Waals surface area contributed by atoms with Crippen molar-refractivity contribution in [3.63, 3.8) is 0 Å². The van der Waals surface area contributed by atoms with Crippen molar-refractivity contribution in [3.05, 3.63) is 64.7 Å². The number of hydrogen-bond acceptors (Lipinski definition) is 5. The number of ether oxygens (including phenoxy) is 1. The molecule has 2 aromatic rings. The van der Waals surface area contributed by atoms with Crippen molar-refractivity contribution >= 4 is 17.4 Å². The molecule has 1 saturated heterocycles. The summed E-state index contributed by atoms with van der Waals surface area (Å²) < 4.78 is 5.47. The molecule has 1 fully saturated rings. The Morgan fingerprint density at radius 1 is 1.00 bits per heavy atom. The number of hydrogen-bond donors (Lipinski definition) is 1. The molecule has 6 nitrogen and oxygen atoms in total. The summed E-state index contributed by atoms with van der Waals surface area (Å²) in [5.41, 5.74) is 5.08. The Hall–Kier alpha value is -2.70. The maximum atomic E-state index is 12.7. The molecular formula is C26H33N3O3. The summed E-state index contributed by atoms with van der Waals surface area (Å²) in [5.74, 6) is 0.174. The van der Waals surface area contributed by atoms with E-state index in [0.717, 1.165) is 56.0 Å². The third kappa shape index (κ3) is 5.19. The number of nitrogens with zero attached hydrogens (tertiary/aromatic N) is 2. The largest absolute Gasteiger partial charge is 0.376 e. The molecule has 32 heavy (non-hydrogen) atoms. The Morgan fingerprint density at radius 2 is 1.72 bits per heavy atom. The second-order valence-electron chi connectivity index (χ2n) is 8.69. The van der Waals surface area contributed by atoms with Crippen LogP contribution in [0.3, 0.4) is 0 Å². The summed E-state index contributed by atoms with van der Waals surface area (Å²) >= 11 is 0. The topological polar surface area (TPSA) is 61.9 Å². The Morgan fingerprint density at radius 3 is 2.44 bits per heavy atom. The second kappa shape index (κ2) is 10.3. The maximum absolute atomic E-state index is 12.7. The van der Waals surface area contributed by atoms with Gasteiger partial charge in [-0.1, -0.05) is 13.0 Å². The molecule has 170 valence electrons. The fourth-order valence-electron chi connectivity index (χ4n) is 4.46. The minimum Gasteiger partial charge on any atom is -0.376 e. The van der Waals surface area contributed by atoms with Gasteiger partial charge in [0.05, 0.1) is 13.2 Å². The molecular weight excluding hydrogens is 402 g/mol. The molecule has 6 heteroatoms. The van der Waals surface area contributed by atoms with E-state index in [1.165, 1.54) is 11.1 Å². The van der Waals surface area contributed by atoms with Gasteiger partial charge in [0.2, 0.25) is 0 Å². The highest BCUT2D eigenvalue weighted by Crippen LogP contribution is 2.20. The van der Waals surface area contributed by atoms with Crippen molar-refractivity contribution < 1.29 is 14.3 Å². The van der Waals surface area contributed by atoms with Crippen molar-refractivity contribution in [3.8, 4) is 0 Å². The van der Waals surface area contributed by atoms with Crippen molar-refractivity contribution in [1.29, 1.82) is 0 Å². The molecule has 2 heterocycles. The van der Waals surface area contributed by atoms with Gasteiger partial charge in [-0.3, -0.25) is 14.5 Å². The fraction of sp³-hybridized carbons (Fsp3) is 0.462. The number of amides is 1. The van der Waals surface area contributed by atoms with Crippen LogP contribution in [-0.2, 0) is 17.8 Å². The van der Waals surface area contributed by atoms with Gasteiger partial charge in [-0.2, -0.15) is 0 Å². The third-order valence-electron chi connectivity index (χ3n) is 6.61. The van der Waals surface area contributed by atoms with Crippen LogP contribution in [0.4, 0.5) is 5.69 Å². The highest BCUT2D eigenvalue weighted by Gasteiger charge is 2.22. The summed E-state index contributed by atoms with van der Waals surface area (Å²) in [7, 11) is 0. The molecule has 2 aliphatic heterocycles. The molecule has 0 aromatic heterocycles. The van der Waals surface area contributed by atoms with E-state index in [1.807, 2.05) is 49.4 Å². The molecule has 0 saturated carbocycles. The highest BCUT2D eigenvalue weighted by atomic mass is 16.5. The number of carbonyl (C=O) groups excluding carboxylic acids is 2. The molecule has 1 N–H and O–H groups in total. The Balaban J connectivity index is 1.25. The van der Waals surface area contributed by atoms with E-state index >= 15 is 0 Å². The lowest BCUT2D eigenvalue weighted by molar-refractivity contribution is 0.0931. The molecule has 2 aromatic carbocycles. The van der Waals surface area contributed by atoms with Gasteiger partial charge in [0.1, 0.15) is 0 Å². The Kier molecular flexibility index (Phi) is 7.22. The van der Waals surface area contributed by atoms with Crippen LogP contribution < -0.4 is 10.2 Å². The van der Waals surface area contributed by atoms with Crippen LogP contribution in [0.1, 0.15) is 52.1 Å². The van der Waals surface area contributed by atoms with Crippen molar-refractivity contribution in [1.82, 2.24) is 10.2 Å². The first-order valence-electron chi connectivity index (χ1n) is 11.6. The normalized spacial score (nSPS) is 17.5. The monoisotopic (exact) mass is 435 g/mol. The first-order chi connectivity index (χ1) is 15.5. The van der Waals surface area contributed by atoms with E-state index < -0.39 is 0 Å². The SMILES string of the molecule is CCC(=O)c1ccc(N2CCN(C(C)CNC(=O)c3ccc4c(c3)CCOC4)CC2)cc1. The van der Waals surface area contributed by atoms with Gasteiger partial charge < -0.3 is 15.0 Å². The van der Waals surface area contributed by atoms with Crippen molar-refractivity contribution in [2.75, 3.05) is 44.2 Å². The van der Waals surface area contributed by atoms with Gasteiger partial charge in [0.15, 0.2) is 5.78 Å². The van der Waals surface area contributed by atoms with Gasteiger partial charge >= 0.3 is 0 Å². The number of piperazine rings is 1. The van der Waals surface area contributed by atoms with Crippen LogP contribution in [0.5, 0.6) is 0 Å². The van der Waals surface area contributed by atoms with Gasteiger partial charge in [-0.15, -0.1) is 0 Å². The number of ketones is 1. The maximum Gasteiger partial charge on any atom is 0.251 e. The van der Waals surface area contributed by atoms with Crippen LogP contribution in [0.25, 0.3) is 0 Å². The first-order valence-corrected chi connectivity index (χ1v) is 11.6. The van der Waals surface area contributed by atoms with E-state index in [9.17, 15) is 9.59 Å². The zero-order valence-electron chi connectivity index (χ0n) is 19.1. The molecule has 0 spiro atoms. The summed E-state index contributed by atoms with van der Waals surface area (Å²) in [6, 6.07) is 14.1. The number of carbonyl (C=O) groups is 2. The minimum atomic E-state index is -0.00788. The predicted octanol–water partition coefficient (Wildman–Crippen LogP) is 3.29. The predicted molar refractivity (Wildman–Crippen MR) is 126 cm³/mol. The van der Waals surface area contributed by atoms with E-state index in [1.54, 1.807) is 0 Å². The standard InChI is InChI=1S/C26H33N3O3/c1-3-25(30)20-6-8-24(9-7-20)29-13-11-28(12-14-29)19(2)17-27-26(31)22-4-5-23-18-32-15-10-21(23)16-22/h4-9,16,19H,3,10-15,17-18H2,1-2H3,(H,27,31). The quantitative estimate of drug-likeness (QED) is 0.677. The molecule has 1 amide bonds. The zero-order valence-corrected chi connectivity index (χ0v) is 19.1. The zero-order chi connectivity index (χ0) is 22.5. The van der Waals surface area contributed by atoms with Gasteiger partial charge in [0.25, 0.3) is 5.91 Å².